The van der Waals surface area contributed by atoms with Gasteiger partial charge >= 0.3 is 5.97 Å². The van der Waals surface area contributed by atoms with E-state index in [-0.39, 0.29) is 31.1 Å². The minimum atomic E-state index is -0.399. The molecular formula is C12H24N2O4. The molecule has 0 aromatic carbocycles. The summed E-state index contributed by atoms with van der Waals surface area (Å²) in [7, 11) is 1.37. The Morgan fingerprint density at radius 3 is 2.83 bits per heavy atom. The summed E-state index contributed by atoms with van der Waals surface area (Å²) in [6.45, 7) is 4.07. The van der Waals surface area contributed by atoms with Gasteiger partial charge in [0.1, 0.15) is 0 Å². The van der Waals surface area contributed by atoms with Crippen molar-refractivity contribution in [3.8, 4) is 0 Å². The first-order valence-corrected chi connectivity index (χ1v) is 6.38. The lowest BCUT2D eigenvalue weighted by Gasteiger charge is -2.38. The molecule has 1 heterocycles. The second kappa shape index (κ2) is 7.68. The van der Waals surface area contributed by atoms with Crippen molar-refractivity contribution in [2.75, 3.05) is 39.9 Å². The summed E-state index contributed by atoms with van der Waals surface area (Å²) in [5.41, 5.74) is 0. The van der Waals surface area contributed by atoms with E-state index in [1.165, 1.54) is 7.11 Å². The van der Waals surface area contributed by atoms with Crippen molar-refractivity contribution in [3.05, 3.63) is 0 Å². The van der Waals surface area contributed by atoms with Crippen LogP contribution in [0, 0.1) is 5.92 Å². The number of hydrogen-bond donors (Lipinski definition) is 3. The highest BCUT2D eigenvalue weighted by molar-refractivity contribution is 5.71. The molecule has 6 heteroatoms. The molecule has 0 bridgehead atoms. The summed E-state index contributed by atoms with van der Waals surface area (Å²) in [4.78, 5) is 13.3. The van der Waals surface area contributed by atoms with Gasteiger partial charge in [-0.05, 0) is 19.3 Å². The monoisotopic (exact) mass is 260 g/mol. The Kier molecular flexibility index (Phi) is 6.56. The number of likely N-dealkylation sites (tertiary alicyclic amines) is 1. The number of piperidine rings is 1. The number of aliphatic hydroxyl groups excluding tert-OH is 2. The van der Waals surface area contributed by atoms with Crippen molar-refractivity contribution >= 4 is 5.97 Å². The number of carbonyl (C=O) groups excluding carboxylic acids is 1. The van der Waals surface area contributed by atoms with Gasteiger partial charge in [-0.15, -0.1) is 0 Å². The Morgan fingerprint density at radius 1 is 1.56 bits per heavy atom. The quantitative estimate of drug-likeness (QED) is 0.521. The largest absolute Gasteiger partial charge is 0.468 e. The van der Waals surface area contributed by atoms with Gasteiger partial charge < -0.3 is 20.3 Å². The van der Waals surface area contributed by atoms with E-state index in [0.29, 0.717) is 13.1 Å². The van der Waals surface area contributed by atoms with Gasteiger partial charge in [0.15, 0.2) is 0 Å². The van der Waals surface area contributed by atoms with Crippen molar-refractivity contribution in [2.24, 2.45) is 5.92 Å². The zero-order valence-electron chi connectivity index (χ0n) is 11.1. The number of esters is 1. The Hall–Kier alpha value is -0.690. The molecule has 0 aromatic heterocycles. The molecule has 6 nitrogen and oxygen atoms in total. The van der Waals surface area contributed by atoms with Gasteiger partial charge in [-0.2, -0.15) is 0 Å². The Morgan fingerprint density at radius 2 is 2.28 bits per heavy atom. The van der Waals surface area contributed by atoms with E-state index in [0.717, 1.165) is 13.0 Å². The molecule has 3 N–H and O–H groups in total. The van der Waals surface area contributed by atoms with Crippen LogP contribution in [0.5, 0.6) is 0 Å². The van der Waals surface area contributed by atoms with Crippen LogP contribution in [0.1, 0.15) is 13.3 Å². The molecule has 1 aliphatic rings. The Labute approximate surface area is 108 Å². The lowest BCUT2D eigenvalue weighted by molar-refractivity contribution is -0.142. The zero-order valence-corrected chi connectivity index (χ0v) is 11.1. The molecule has 0 aromatic rings. The zero-order chi connectivity index (χ0) is 13.5. The summed E-state index contributed by atoms with van der Waals surface area (Å²) >= 11 is 0. The molecule has 1 rings (SSSR count). The maximum Gasteiger partial charge on any atom is 0.319 e. The second-order valence-electron chi connectivity index (χ2n) is 4.88. The molecule has 0 radical (unpaired) electrons. The minimum Gasteiger partial charge on any atom is -0.468 e. The summed E-state index contributed by atoms with van der Waals surface area (Å²) in [6, 6.07) is 0.190. The van der Waals surface area contributed by atoms with Crippen LogP contribution in [0.25, 0.3) is 0 Å². The van der Waals surface area contributed by atoms with Crippen LogP contribution < -0.4 is 5.32 Å². The van der Waals surface area contributed by atoms with Crippen molar-refractivity contribution in [2.45, 2.75) is 25.5 Å². The number of nitrogens with zero attached hydrogens (tertiary/aromatic N) is 1. The maximum absolute atomic E-state index is 11.3. The molecule has 106 valence electrons. The summed E-state index contributed by atoms with van der Waals surface area (Å²) < 4.78 is 4.66. The third-order valence-corrected chi connectivity index (χ3v) is 3.37. The fourth-order valence-electron chi connectivity index (χ4n) is 2.37. The van der Waals surface area contributed by atoms with Crippen LogP contribution in [0.4, 0.5) is 0 Å². The highest BCUT2D eigenvalue weighted by Gasteiger charge is 2.30. The minimum absolute atomic E-state index is 0.0901. The number of aliphatic hydroxyl groups is 2. The number of methoxy groups -OCH3 is 1. The van der Waals surface area contributed by atoms with Gasteiger partial charge in [-0.1, -0.05) is 0 Å². The third kappa shape index (κ3) is 4.89. The van der Waals surface area contributed by atoms with Gasteiger partial charge in [0, 0.05) is 25.7 Å². The van der Waals surface area contributed by atoms with E-state index in [2.05, 4.69) is 10.1 Å². The molecule has 1 saturated heterocycles. The maximum atomic E-state index is 11.3. The van der Waals surface area contributed by atoms with Crippen LogP contribution in [-0.2, 0) is 9.53 Å². The number of ether oxygens (including phenoxy) is 1. The van der Waals surface area contributed by atoms with Crippen LogP contribution >= 0.6 is 0 Å². The van der Waals surface area contributed by atoms with Crippen LogP contribution in [0.2, 0.25) is 0 Å². The highest BCUT2D eigenvalue weighted by Crippen LogP contribution is 2.20. The molecule has 0 amide bonds. The fraction of sp³-hybridized carbons (Fsp3) is 0.917. The molecule has 3 unspecified atom stereocenters. The van der Waals surface area contributed by atoms with E-state index in [9.17, 15) is 9.90 Å². The van der Waals surface area contributed by atoms with Crippen LogP contribution in [0.3, 0.4) is 0 Å². The topological polar surface area (TPSA) is 82.0 Å². The summed E-state index contributed by atoms with van der Waals surface area (Å²) in [5, 5.41) is 21.8. The van der Waals surface area contributed by atoms with E-state index < -0.39 is 6.10 Å². The SMILES string of the molecule is COC(=O)CN1CC(NCCO)CC(C(C)O)C1. The van der Waals surface area contributed by atoms with Gasteiger partial charge in [0.2, 0.25) is 0 Å². The average Bonchev–Trinajstić information content (AvgIpc) is 2.35. The number of hydrogen-bond acceptors (Lipinski definition) is 6. The van der Waals surface area contributed by atoms with Gasteiger partial charge in [0.25, 0.3) is 0 Å². The van der Waals surface area contributed by atoms with Crippen molar-refractivity contribution < 1.29 is 19.7 Å². The molecule has 3 atom stereocenters. The molecule has 0 aliphatic carbocycles. The molecule has 1 fully saturated rings. The average molecular weight is 260 g/mol. The second-order valence-corrected chi connectivity index (χ2v) is 4.88. The van der Waals surface area contributed by atoms with Crippen LogP contribution in [-0.4, -0.2) is 73.1 Å². The van der Waals surface area contributed by atoms with E-state index >= 15 is 0 Å². The van der Waals surface area contributed by atoms with Crippen molar-refractivity contribution in [1.29, 1.82) is 0 Å². The first-order chi connectivity index (χ1) is 8.56. The van der Waals surface area contributed by atoms with Gasteiger partial charge in [-0.3, -0.25) is 9.69 Å². The Balaban J connectivity index is 2.53. The van der Waals surface area contributed by atoms with Gasteiger partial charge in [0.05, 0.1) is 26.4 Å². The van der Waals surface area contributed by atoms with Crippen molar-refractivity contribution in [1.82, 2.24) is 10.2 Å². The predicted octanol–water partition coefficient (Wildman–Crippen LogP) is -1.19. The fourth-order valence-corrected chi connectivity index (χ4v) is 2.37. The summed E-state index contributed by atoms with van der Waals surface area (Å²) in [5.74, 6) is -0.123. The number of nitrogens with one attached hydrogen (secondary N) is 1. The first-order valence-electron chi connectivity index (χ1n) is 6.38. The number of rotatable bonds is 6. The first kappa shape index (κ1) is 15.4. The standard InChI is InChI=1S/C12H24N2O4/c1-9(16)10-5-11(13-3-4-15)7-14(6-10)8-12(17)18-2/h9-11,13,15-16H,3-8H2,1-2H3. The third-order valence-electron chi connectivity index (χ3n) is 3.37. The molecular weight excluding hydrogens is 236 g/mol. The smallest absolute Gasteiger partial charge is 0.319 e. The Bertz CT molecular complexity index is 260. The lowest BCUT2D eigenvalue weighted by Crippen LogP contribution is -2.53. The predicted molar refractivity (Wildman–Crippen MR) is 67.1 cm³/mol. The van der Waals surface area contributed by atoms with Crippen LogP contribution in [0.15, 0.2) is 0 Å². The number of carbonyl (C=O) groups is 1. The normalized spacial score (nSPS) is 26.9. The molecule has 1 aliphatic heterocycles. The van der Waals surface area contributed by atoms with E-state index in [1.807, 2.05) is 4.90 Å². The van der Waals surface area contributed by atoms with E-state index in [4.69, 9.17) is 5.11 Å². The van der Waals surface area contributed by atoms with E-state index in [1.54, 1.807) is 6.92 Å². The highest BCUT2D eigenvalue weighted by atomic mass is 16.5. The molecule has 0 saturated carbocycles. The van der Waals surface area contributed by atoms with Gasteiger partial charge in [-0.25, -0.2) is 0 Å². The lowest BCUT2D eigenvalue weighted by atomic mass is 9.90. The van der Waals surface area contributed by atoms with Crippen molar-refractivity contribution in [3.63, 3.8) is 0 Å². The molecule has 18 heavy (non-hydrogen) atoms. The summed E-state index contributed by atoms with van der Waals surface area (Å²) in [6.07, 6.45) is 0.457. The molecule has 0 spiro atoms.